The lowest BCUT2D eigenvalue weighted by atomic mass is 10.0. The molecule has 1 aliphatic heterocycles. The molecule has 0 unspecified atom stereocenters. The van der Waals surface area contributed by atoms with Crippen LogP contribution in [0.15, 0.2) is 28.8 Å². The summed E-state index contributed by atoms with van der Waals surface area (Å²) in [5, 5.41) is 5.64. The number of hydrogen-bond acceptors (Lipinski definition) is 3. The summed E-state index contributed by atoms with van der Waals surface area (Å²) in [6, 6.07) is 2.55. The van der Waals surface area contributed by atoms with Crippen LogP contribution in [0.1, 0.15) is 32.6 Å². The van der Waals surface area contributed by atoms with Gasteiger partial charge >= 0.3 is 0 Å². The van der Waals surface area contributed by atoms with Crippen LogP contribution in [-0.2, 0) is 4.79 Å². The van der Waals surface area contributed by atoms with E-state index in [9.17, 15) is 13.6 Å². The van der Waals surface area contributed by atoms with Crippen molar-refractivity contribution in [2.75, 3.05) is 17.2 Å². The fourth-order valence-electron chi connectivity index (χ4n) is 2.55. The Morgan fingerprint density at radius 2 is 2.13 bits per heavy atom. The normalized spacial score (nSPS) is 17.3. The molecule has 2 aliphatic rings. The maximum Gasteiger partial charge on any atom is 0.257 e. The van der Waals surface area contributed by atoms with E-state index < -0.39 is 11.6 Å². The van der Waals surface area contributed by atoms with E-state index in [0.29, 0.717) is 25.0 Å². The lowest BCUT2D eigenvalue weighted by molar-refractivity contribution is -0.112. The van der Waals surface area contributed by atoms with Crippen LogP contribution in [0.4, 0.5) is 20.2 Å². The minimum atomic E-state index is -0.961. The van der Waals surface area contributed by atoms with Crippen LogP contribution in [0, 0.1) is 11.6 Å². The Morgan fingerprint density at radius 3 is 2.83 bits per heavy atom. The molecule has 1 aliphatic carbocycles. The molecule has 1 amide bonds. The Balaban J connectivity index is 1.84. The Bertz CT molecular complexity index is 693. The number of halogens is 2. The number of carbonyl (C=O) groups excluding carboxylic acids is 1. The maximum absolute atomic E-state index is 14.1. The van der Waals surface area contributed by atoms with Gasteiger partial charge < -0.3 is 10.6 Å². The summed E-state index contributed by atoms with van der Waals surface area (Å²) in [6.45, 7) is 2.61. The molecule has 23 heavy (non-hydrogen) atoms. The van der Waals surface area contributed by atoms with Gasteiger partial charge in [0.05, 0.1) is 16.9 Å². The van der Waals surface area contributed by atoms with E-state index >= 15 is 0 Å². The fourth-order valence-corrected chi connectivity index (χ4v) is 2.55. The fraction of sp³-hybridized carbons (Fsp3) is 0.412. The summed E-state index contributed by atoms with van der Waals surface area (Å²) >= 11 is 0. The average molecular weight is 319 g/mol. The minimum Gasteiger partial charge on any atom is -0.378 e. The number of benzene rings is 1. The first-order chi connectivity index (χ1) is 11.1. The SMILES string of the molecule is CCC1=NCCC=C1C(=O)Nc1ccc(F)c(F)c1NC1CC1. The third-order valence-corrected chi connectivity index (χ3v) is 3.94. The Kier molecular flexibility index (Phi) is 4.41. The second-order valence-electron chi connectivity index (χ2n) is 5.75. The molecule has 0 saturated heterocycles. The number of anilines is 2. The summed E-state index contributed by atoms with van der Waals surface area (Å²) in [4.78, 5) is 16.8. The van der Waals surface area contributed by atoms with Crippen LogP contribution in [0.3, 0.4) is 0 Å². The topological polar surface area (TPSA) is 53.5 Å². The predicted molar refractivity (Wildman–Crippen MR) is 86.9 cm³/mol. The molecule has 0 radical (unpaired) electrons. The lowest BCUT2D eigenvalue weighted by Gasteiger charge is -2.17. The molecule has 1 fully saturated rings. The molecule has 3 rings (SSSR count). The molecule has 1 aromatic carbocycles. The summed E-state index contributed by atoms with van der Waals surface area (Å²) in [7, 11) is 0. The summed E-state index contributed by atoms with van der Waals surface area (Å²) < 4.78 is 27.5. The average Bonchev–Trinajstić information content (AvgIpc) is 3.38. The van der Waals surface area contributed by atoms with Crippen molar-refractivity contribution in [1.29, 1.82) is 0 Å². The monoisotopic (exact) mass is 319 g/mol. The van der Waals surface area contributed by atoms with Gasteiger partial charge in [0.15, 0.2) is 11.6 Å². The number of hydrogen-bond donors (Lipinski definition) is 2. The highest BCUT2D eigenvalue weighted by atomic mass is 19.2. The van der Waals surface area contributed by atoms with Crippen LogP contribution in [0.25, 0.3) is 0 Å². The quantitative estimate of drug-likeness (QED) is 0.870. The predicted octanol–water partition coefficient (Wildman–Crippen LogP) is 3.66. The summed E-state index contributed by atoms with van der Waals surface area (Å²) in [5.41, 5.74) is 1.53. The maximum atomic E-state index is 14.1. The molecular formula is C17H19F2N3O. The van der Waals surface area contributed by atoms with Gasteiger partial charge in [0.25, 0.3) is 5.91 Å². The molecule has 6 heteroatoms. The second-order valence-corrected chi connectivity index (χ2v) is 5.75. The van der Waals surface area contributed by atoms with Crippen molar-refractivity contribution in [3.8, 4) is 0 Å². The number of dihydropyridines is 1. The number of aliphatic imine (C=N–C) groups is 1. The molecule has 2 N–H and O–H groups in total. The van der Waals surface area contributed by atoms with E-state index in [1.54, 1.807) is 0 Å². The van der Waals surface area contributed by atoms with Gasteiger partial charge in [-0.15, -0.1) is 0 Å². The van der Waals surface area contributed by atoms with Crippen LogP contribution in [-0.4, -0.2) is 24.2 Å². The van der Waals surface area contributed by atoms with Crippen molar-refractivity contribution in [2.24, 2.45) is 4.99 Å². The summed E-state index contributed by atoms with van der Waals surface area (Å²) in [5.74, 6) is -2.23. The van der Waals surface area contributed by atoms with Crippen LogP contribution in [0.2, 0.25) is 0 Å². The van der Waals surface area contributed by atoms with Gasteiger partial charge in [-0.1, -0.05) is 13.0 Å². The Labute approximate surface area is 133 Å². The largest absolute Gasteiger partial charge is 0.378 e. The molecule has 4 nitrogen and oxygen atoms in total. The van der Waals surface area contributed by atoms with Gasteiger partial charge in [-0.2, -0.15) is 0 Å². The highest BCUT2D eigenvalue weighted by Gasteiger charge is 2.26. The molecule has 0 spiro atoms. The van der Waals surface area contributed by atoms with Gasteiger partial charge in [-0.25, -0.2) is 8.78 Å². The van der Waals surface area contributed by atoms with E-state index in [1.807, 2.05) is 13.0 Å². The molecule has 1 heterocycles. The van der Waals surface area contributed by atoms with Crippen molar-refractivity contribution in [2.45, 2.75) is 38.6 Å². The molecule has 0 bridgehead atoms. The van der Waals surface area contributed by atoms with Gasteiger partial charge in [0.2, 0.25) is 0 Å². The summed E-state index contributed by atoms with van der Waals surface area (Å²) in [6.07, 6.45) is 5.04. The lowest BCUT2D eigenvalue weighted by Crippen LogP contribution is -2.23. The molecule has 122 valence electrons. The van der Waals surface area contributed by atoms with E-state index in [2.05, 4.69) is 15.6 Å². The Hall–Kier alpha value is -2.24. The first-order valence-electron chi connectivity index (χ1n) is 7.90. The van der Waals surface area contributed by atoms with Crippen molar-refractivity contribution in [3.05, 3.63) is 35.4 Å². The molecule has 1 saturated carbocycles. The Morgan fingerprint density at radius 1 is 1.35 bits per heavy atom. The molecule has 0 aromatic heterocycles. The third-order valence-electron chi connectivity index (χ3n) is 3.94. The number of carbonyl (C=O) groups is 1. The minimum absolute atomic E-state index is 0.0206. The zero-order valence-corrected chi connectivity index (χ0v) is 13.0. The van der Waals surface area contributed by atoms with E-state index in [1.165, 1.54) is 6.07 Å². The van der Waals surface area contributed by atoms with E-state index in [0.717, 1.165) is 24.6 Å². The third kappa shape index (κ3) is 3.41. The first kappa shape index (κ1) is 15.6. The van der Waals surface area contributed by atoms with Gasteiger partial charge in [0.1, 0.15) is 0 Å². The smallest absolute Gasteiger partial charge is 0.257 e. The molecular weight excluding hydrogens is 300 g/mol. The highest BCUT2D eigenvalue weighted by Crippen LogP contribution is 2.33. The van der Waals surface area contributed by atoms with Crippen molar-refractivity contribution in [3.63, 3.8) is 0 Å². The van der Waals surface area contributed by atoms with E-state index in [-0.39, 0.29) is 23.3 Å². The number of nitrogens with zero attached hydrogens (tertiary/aromatic N) is 1. The molecule has 0 atom stereocenters. The van der Waals surface area contributed by atoms with Crippen LogP contribution < -0.4 is 10.6 Å². The van der Waals surface area contributed by atoms with Gasteiger partial charge in [0, 0.05) is 18.3 Å². The van der Waals surface area contributed by atoms with Gasteiger partial charge in [-0.05, 0) is 37.8 Å². The molecule has 1 aromatic rings. The zero-order chi connectivity index (χ0) is 16.4. The first-order valence-corrected chi connectivity index (χ1v) is 7.90. The van der Waals surface area contributed by atoms with E-state index in [4.69, 9.17) is 0 Å². The second kappa shape index (κ2) is 6.48. The highest BCUT2D eigenvalue weighted by molar-refractivity contribution is 6.25. The van der Waals surface area contributed by atoms with Crippen molar-refractivity contribution in [1.82, 2.24) is 0 Å². The van der Waals surface area contributed by atoms with Crippen molar-refractivity contribution < 1.29 is 13.6 Å². The standard InChI is InChI=1S/C17H19F2N3O/c1-2-13-11(4-3-9-20-13)17(23)22-14-8-7-12(18)15(19)16(14)21-10-5-6-10/h4,7-8,10,21H,2-3,5-6,9H2,1H3,(H,22,23). The van der Waals surface area contributed by atoms with Crippen LogP contribution in [0.5, 0.6) is 0 Å². The van der Waals surface area contributed by atoms with Crippen LogP contribution >= 0.6 is 0 Å². The van der Waals surface area contributed by atoms with Gasteiger partial charge in [-0.3, -0.25) is 9.79 Å². The number of nitrogens with one attached hydrogen (secondary N) is 2. The van der Waals surface area contributed by atoms with Crippen molar-refractivity contribution >= 4 is 23.0 Å². The number of amides is 1. The number of rotatable bonds is 5. The zero-order valence-electron chi connectivity index (χ0n) is 13.0.